The maximum absolute atomic E-state index is 12.2. The van der Waals surface area contributed by atoms with Gasteiger partial charge >= 0.3 is 11.9 Å². The molecule has 0 unspecified atom stereocenters. The SMILES string of the molecule is C#CCn1nc(CNC(=O)C(=O)OCC)c2ccccc2c1=O. The van der Waals surface area contributed by atoms with E-state index in [0.29, 0.717) is 16.5 Å². The minimum atomic E-state index is -0.964. The fourth-order valence-corrected chi connectivity index (χ4v) is 2.06. The second kappa shape index (κ2) is 7.22. The number of hydrogen-bond donors (Lipinski definition) is 1. The molecule has 0 spiro atoms. The molecule has 7 nitrogen and oxygen atoms in total. The number of rotatable bonds is 4. The van der Waals surface area contributed by atoms with Gasteiger partial charge in [0.05, 0.1) is 24.2 Å². The summed E-state index contributed by atoms with van der Waals surface area (Å²) in [5.41, 5.74) is 0.132. The third-order valence-corrected chi connectivity index (χ3v) is 3.06. The summed E-state index contributed by atoms with van der Waals surface area (Å²) < 4.78 is 5.75. The summed E-state index contributed by atoms with van der Waals surface area (Å²) >= 11 is 0. The molecule has 2 aromatic rings. The van der Waals surface area contributed by atoms with Gasteiger partial charge in [0.15, 0.2) is 0 Å². The predicted molar refractivity (Wildman–Crippen MR) is 83.3 cm³/mol. The van der Waals surface area contributed by atoms with Gasteiger partial charge in [0, 0.05) is 5.39 Å². The molecule has 0 aliphatic carbocycles. The third-order valence-electron chi connectivity index (χ3n) is 3.06. The van der Waals surface area contributed by atoms with Crippen LogP contribution >= 0.6 is 0 Å². The van der Waals surface area contributed by atoms with Crippen molar-refractivity contribution in [3.8, 4) is 12.3 Å². The van der Waals surface area contributed by atoms with Gasteiger partial charge in [-0.1, -0.05) is 24.1 Å². The highest BCUT2D eigenvalue weighted by Gasteiger charge is 2.16. The first-order chi connectivity index (χ1) is 11.1. The van der Waals surface area contributed by atoms with Crippen LogP contribution in [0.5, 0.6) is 0 Å². The monoisotopic (exact) mass is 313 g/mol. The standard InChI is InChI=1S/C16H15N3O4/c1-3-9-19-15(21)12-8-6-5-7-11(12)13(18-19)10-17-14(20)16(22)23-4-2/h1,5-8H,4,9-10H2,2H3,(H,17,20). The number of aromatic nitrogens is 2. The fourth-order valence-electron chi connectivity index (χ4n) is 2.06. The summed E-state index contributed by atoms with van der Waals surface area (Å²) in [7, 11) is 0. The van der Waals surface area contributed by atoms with Gasteiger partial charge in [-0.15, -0.1) is 6.42 Å². The van der Waals surface area contributed by atoms with Crippen LogP contribution in [0.25, 0.3) is 10.8 Å². The maximum atomic E-state index is 12.2. The van der Waals surface area contributed by atoms with Crippen LogP contribution in [0.3, 0.4) is 0 Å². The van der Waals surface area contributed by atoms with E-state index in [9.17, 15) is 14.4 Å². The summed E-state index contributed by atoms with van der Waals surface area (Å²) in [6.45, 7) is 1.71. The second-order valence-electron chi connectivity index (χ2n) is 4.56. The quantitative estimate of drug-likeness (QED) is 0.495. The van der Waals surface area contributed by atoms with Crippen LogP contribution < -0.4 is 10.9 Å². The molecule has 0 saturated heterocycles. The Labute approximate surface area is 132 Å². The largest absolute Gasteiger partial charge is 0.459 e. The van der Waals surface area contributed by atoms with Gasteiger partial charge in [-0.3, -0.25) is 9.59 Å². The number of terminal acetylenes is 1. The molecular weight excluding hydrogens is 298 g/mol. The van der Waals surface area contributed by atoms with E-state index in [1.54, 1.807) is 31.2 Å². The van der Waals surface area contributed by atoms with Crippen molar-refractivity contribution < 1.29 is 14.3 Å². The minimum Gasteiger partial charge on any atom is -0.459 e. The summed E-state index contributed by atoms with van der Waals surface area (Å²) in [4.78, 5) is 35.2. The zero-order valence-corrected chi connectivity index (χ0v) is 12.5. The highest BCUT2D eigenvalue weighted by Crippen LogP contribution is 2.12. The molecule has 7 heteroatoms. The predicted octanol–water partition coefficient (Wildman–Crippen LogP) is 0.209. The van der Waals surface area contributed by atoms with Gasteiger partial charge in [-0.2, -0.15) is 5.10 Å². The number of esters is 1. The van der Waals surface area contributed by atoms with Crippen molar-refractivity contribution in [2.45, 2.75) is 20.0 Å². The maximum Gasteiger partial charge on any atom is 0.396 e. The van der Waals surface area contributed by atoms with E-state index in [0.717, 1.165) is 4.68 Å². The van der Waals surface area contributed by atoms with Gasteiger partial charge in [0.2, 0.25) is 0 Å². The highest BCUT2D eigenvalue weighted by molar-refractivity contribution is 6.32. The average molecular weight is 313 g/mol. The summed E-state index contributed by atoms with van der Waals surface area (Å²) in [6.07, 6.45) is 5.24. The first kappa shape index (κ1) is 16.2. The number of hydrogen-bond acceptors (Lipinski definition) is 5. The van der Waals surface area contributed by atoms with Crippen LogP contribution in [0, 0.1) is 12.3 Å². The van der Waals surface area contributed by atoms with Crippen molar-refractivity contribution in [2.75, 3.05) is 6.61 Å². The molecule has 0 aliphatic heterocycles. The third kappa shape index (κ3) is 3.55. The molecule has 1 aromatic carbocycles. The Morgan fingerprint density at radius 2 is 2.04 bits per heavy atom. The Bertz CT molecular complexity index is 849. The fraction of sp³-hybridized carbons (Fsp3) is 0.250. The Morgan fingerprint density at radius 1 is 1.35 bits per heavy atom. The van der Waals surface area contributed by atoms with E-state index in [-0.39, 0.29) is 25.3 Å². The van der Waals surface area contributed by atoms with Crippen LogP contribution in [0.2, 0.25) is 0 Å². The number of amides is 1. The lowest BCUT2D eigenvalue weighted by atomic mass is 10.1. The Hall–Kier alpha value is -3.14. The number of nitrogens with zero attached hydrogens (tertiary/aromatic N) is 2. The van der Waals surface area contributed by atoms with Crippen LogP contribution in [0.1, 0.15) is 12.6 Å². The van der Waals surface area contributed by atoms with Crippen LogP contribution in [-0.4, -0.2) is 28.3 Å². The second-order valence-corrected chi connectivity index (χ2v) is 4.56. The van der Waals surface area contributed by atoms with Crippen molar-refractivity contribution >= 4 is 22.6 Å². The Kier molecular flexibility index (Phi) is 5.10. The lowest BCUT2D eigenvalue weighted by molar-refractivity contribution is -0.154. The van der Waals surface area contributed by atoms with Crippen molar-refractivity contribution in [2.24, 2.45) is 0 Å². The van der Waals surface area contributed by atoms with Crippen molar-refractivity contribution in [1.82, 2.24) is 15.1 Å². The highest BCUT2D eigenvalue weighted by atomic mass is 16.5. The molecule has 2 rings (SSSR count). The van der Waals surface area contributed by atoms with Gasteiger partial charge < -0.3 is 10.1 Å². The summed E-state index contributed by atoms with van der Waals surface area (Å²) in [5.74, 6) is 0.523. The van der Waals surface area contributed by atoms with Gasteiger partial charge in [0.1, 0.15) is 6.54 Å². The molecule has 1 N–H and O–H groups in total. The minimum absolute atomic E-state index is 0.0164. The molecule has 118 valence electrons. The molecule has 23 heavy (non-hydrogen) atoms. The number of benzene rings is 1. The van der Waals surface area contributed by atoms with E-state index >= 15 is 0 Å². The molecule has 0 bridgehead atoms. The van der Waals surface area contributed by atoms with E-state index in [4.69, 9.17) is 6.42 Å². The summed E-state index contributed by atoms with van der Waals surface area (Å²) in [6, 6.07) is 6.86. The molecule has 1 aromatic heterocycles. The van der Waals surface area contributed by atoms with Crippen LogP contribution in [0.4, 0.5) is 0 Å². The van der Waals surface area contributed by atoms with Gasteiger partial charge in [-0.05, 0) is 13.0 Å². The number of fused-ring (bicyclic) bond motifs is 1. The smallest absolute Gasteiger partial charge is 0.396 e. The molecule has 0 atom stereocenters. The van der Waals surface area contributed by atoms with E-state index < -0.39 is 11.9 Å². The topological polar surface area (TPSA) is 90.3 Å². The van der Waals surface area contributed by atoms with Gasteiger partial charge in [-0.25, -0.2) is 9.48 Å². The molecule has 0 aliphatic rings. The van der Waals surface area contributed by atoms with Crippen LogP contribution in [0.15, 0.2) is 29.1 Å². The number of carbonyl (C=O) groups is 2. The van der Waals surface area contributed by atoms with Crippen molar-refractivity contribution in [3.63, 3.8) is 0 Å². The average Bonchev–Trinajstić information content (AvgIpc) is 2.56. The van der Waals surface area contributed by atoms with E-state index in [1.807, 2.05) is 0 Å². The molecule has 0 radical (unpaired) electrons. The van der Waals surface area contributed by atoms with E-state index in [1.165, 1.54) is 0 Å². The van der Waals surface area contributed by atoms with Crippen LogP contribution in [-0.2, 0) is 27.4 Å². The lowest BCUT2D eigenvalue weighted by Gasteiger charge is -2.10. The number of carbonyl (C=O) groups excluding carboxylic acids is 2. The van der Waals surface area contributed by atoms with Crippen molar-refractivity contribution in [3.05, 3.63) is 40.3 Å². The molecule has 1 heterocycles. The zero-order chi connectivity index (χ0) is 16.8. The number of nitrogens with one attached hydrogen (secondary N) is 1. The first-order valence-electron chi connectivity index (χ1n) is 6.95. The summed E-state index contributed by atoms with van der Waals surface area (Å²) in [5, 5.41) is 7.62. The first-order valence-corrected chi connectivity index (χ1v) is 6.95. The number of ether oxygens (including phenoxy) is 1. The molecule has 0 saturated carbocycles. The zero-order valence-electron chi connectivity index (χ0n) is 12.5. The molecule has 0 fully saturated rings. The normalized spacial score (nSPS) is 10.1. The Balaban J connectivity index is 2.35. The molecule has 1 amide bonds. The van der Waals surface area contributed by atoms with E-state index in [2.05, 4.69) is 21.1 Å². The Morgan fingerprint density at radius 3 is 2.70 bits per heavy atom. The molecular formula is C16H15N3O4. The lowest BCUT2D eigenvalue weighted by Crippen LogP contribution is -2.33. The van der Waals surface area contributed by atoms with Crippen molar-refractivity contribution in [1.29, 1.82) is 0 Å². The van der Waals surface area contributed by atoms with Gasteiger partial charge in [0.25, 0.3) is 5.56 Å².